The summed E-state index contributed by atoms with van der Waals surface area (Å²) in [6, 6.07) is 10.3. The quantitative estimate of drug-likeness (QED) is 0.865. The minimum absolute atomic E-state index is 0.0997. The molecule has 6 nitrogen and oxygen atoms in total. The number of nitrogens with two attached hydrogens (primary N) is 1. The van der Waals surface area contributed by atoms with Gasteiger partial charge in [0, 0.05) is 6.07 Å². The molecular formula is C14H15N3O3. The molecule has 0 spiro atoms. The maximum atomic E-state index is 11.7. The lowest BCUT2D eigenvalue weighted by atomic mass is 10.3. The van der Waals surface area contributed by atoms with Crippen LogP contribution in [0.3, 0.4) is 0 Å². The van der Waals surface area contributed by atoms with E-state index in [4.69, 9.17) is 15.2 Å². The van der Waals surface area contributed by atoms with Gasteiger partial charge in [-0.25, -0.2) is 4.98 Å². The number of anilines is 2. The van der Waals surface area contributed by atoms with E-state index < -0.39 is 0 Å². The number of benzene rings is 1. The number of carbonyl (C=O) groups is 1. The van der Waals surface area contributed by atoms with Gasteiger partial charge < -0.3 is 20.5 Å². The molecule has 0 saturated carbocycles. The minimum atomic E-state index is -0.278. The topological polar surface area (TPSA) is 86.5 Å². The van der Waals surface area contributed by atoms with Crippen LogP contribution in [0.4, 0.5) is 11.5 Å². The number of aromatic nitrogens is 1. The Morgan fingerprint density at radius 2 is 2.10 bits per heavy atom. The Bertz CT molecular complexity index is 584. The minimum Gasteiger partial charge on any atom is -0.497 e. The summed E-state index contributed by atoms with van der Waals surface area (Å²) >= 11 is 0. The van der Waals surface area contributed by atoms with Crippen molar-refractivity contribution in [2.45, 2.75) is 0 Å². The number of amides is 1. The summed E-state index contributed by atoms with van der Waals surface area (Å²) in [5.74, 6) is 1.36. The Labute approximate surface area is 116 Å². The summed E-state index contributed by atoms with van der Waals surface area (Å²) in [5.41, 5.74) is 6.03. The molecule has 0 aliphatic carbocycles. The smallest absolute Gasteiger partial charge is 0.262 e. The number of hydrogen-bond acceptors (Lipinski definition) is 5. The number of ether oxygens (including phenoxy) is 2. The lowest BCUT2D eigenvalue weighted by Crippen LogP contribution is -2.20. The van der Waals surface area contributed by atoms with Crippen molar-refractivity contribution in [2.24, 2.45) is 0 Å². The summed E-state index contributed by atoms with van der Waals surface area (Å²) in [6.45, 7) is -0.0997. The molecule has 20 heavy (non-hydrogen) atoms. The highest BCUT2D eigenvalue weighted by Crippen LogP contribution is 2.18. The SMILES string of the molecule is COc1cccc(OCC(=O)Nc2ccc(N)nc2)c1. The summed E-state index contributed by atoms with van der Waals surface area (Å²) in [4.78, 5) is 15.6. The highest BCUT2D eigenvalue weighted by Gasteiger charge is 2.04. The van der Waals surface area contributed by atoms with Gasteiger partial charge in [-0.05, 0) is 24.3 Å². The predicted octanol–water partition coefficient (Wildman–Crippen LogP) is 1.69. The number of methoxy groups -OCH3 is 1. The van der Waals surface area contributed by atoms with E-state index in [9.17, 15) is 4.79 Å². The summed E-state index contributed by atoms with van der Waals surface area (Å²) in [7, 11) is 1.57. The van der Waals surface area contributed by atoms with Crippen molar-refractivity contribution in [3.63, 3.8) is 0 Å². The van der Waals surface area contributed by atoms with E-state index in [1.807, 2.05) is 0 Å². The van der Waals surface area contributed by atoms with Crippen LogP contribution in [-0.4, -0.2) is 24.6 Å². The van der Waals surface area contributed by atoms with Crippen molar-refractivity contribution >= 4 is 17.4 Å². The zero-order chi connectivity index (χ0) is 14.4. The van der Waals surface area contributed by atoms with Gasteiger partial charge in [-0.3, -0.25) is 4.79 Å². The van der Waals surface area contributed by atoms with Gasteiger partial charge in [-0.15, -0.1) is 0 Å². The molecule has 1 heterocycles. The zero-order valence-corrected chi connectivity index (χ0v) is 11.0. The fourth-order valence-electron chi connectivity index (χ4n) is 1.52. The summed E-state index contributed by atoms with van der Waals surface area (Å²) in [5, 5.41) is 2.65. The highest BCUT2D eigenvalue weighted by molar-refractivity contribution is 5.91. The molecule has 0 saturated heterocycles. The lowest BCUT2D eigenvalue weighted by molar-refractivity contribution is -0.118. The average molecular weight is 273 g/mol. The third-order valence-corrected chi connectivity index (χ3v) is 2.48. The number of nitrogens with one attached hydrogen (secondary N) is 1. The Morgan fingerprint density at radius 1 is 1.30 bits per heavy atom. The van der Waals surface area contributed by atoms with Crippen molar-refractivity contribution in [3.05, 3.63) is 42.6 Å². The number of nitrogens with zero attached hydrogens (tertiary/aromatic N) is 1. The molecule has 0 radical (unpaired) electrons. The van der Waals surface area contributed by atoms with Gasteiger partial charge in [0.15, 0.2) is 6.61 Å². The van der Waals surface area contributed by atoms with Gasteiger partial charge in [-0.2, -0.15) is 0 Å². The number of rotatable bonds is 5. The van der Waals surface area contributed by atoms with Gasteiger partial charge in [0.1, 0.15) is 17.3 Å². The molecule has 0 aliphatic heterocycles. The van der Waals surface area contributed by atoms with Crippen LogP contribution in [0, 0.1) is 0 Å². The summed E-state index contributed by atoms with van der Waals surface area (Å²) < 4.78 is 10.4. The lowest BCUT2D eigenvalue weighted by Gasteiger charge is -2.08. The number of hydrogen-bond donors (Lipinski definition) is 2. The Hall–Kier alpha value is -2.76. The Balaban J connectivity index is 1.87. The van der Waals surface area contributed by atoms with Crippen LogP contribution < -0.4 is 20.5 Å². The maximum absolute atomic E-state index is 11.7. The van der Waals surface area contributed by atoms with Gasteiger partial charge in [0.2, 0.25) is 0 Å². The number of nitrogen functional groups attached to an aromatic ring is 1. The highest BCUT2D eigenvalue weighted by atomic mass is 16.5. The predicted molar refractivity (Wildman–Crippen MR) is 75.8 cm³/mol. The van der Waals surface area contributed by atoms with Crippen LogP contribution in [0.2, 0.25) is 0 Å². The van der Waals surface area contributed by atoms with Crippen LogP contribution in [0.1, 0.15) is 0 Å². The molecule has 0 atom stereocenters. The van der Waals surface area contributed by atoms with Crippen molar-refractivity contribution in [2.75, 3.05) is 24.8 Å². The zero-order valence-electron chi connectivity index (χ0n) is 11.0. The molecule has 0 unspecified atom stereocenters. The van der Waals surface area contributed by atoms with Crippen molar-refractivity contribution in [1.29, 1.82) is 0 Å². The van der Waals surface area contributed by atoms with E-state index in [-0.39, 0.29) is 12.5 Å². The van der Waals surface area contributed by atoms with Gasteiger partial charge in [0.05, 0.1) is 19.0 Å². The molecule has 3 N–H and O–H groups in total. The third kappa shape index (κ3) is 3.88. The standard InChI is InChI=1S/C14H15N3O3/c1-19-11-3-2-4-12(7-11)20-9-14(18)17-10-5-6-13(15)16-8-10/h2-8H,9H2,1H3,(H2,15,16)(H,17,18). The molecule has 1 aromatic heterocycles. The summed E-state index contributed by atoms with van der Waals surface area (Å²) in [6.07, 6.45) is 1.48. The molecule has 104 valence electrons. The van der Waals surface area contributed by atoms with Gasteiger partial charge in [0.25, 0.3) is 5.91 Å². The molecule has 1 aromatic carbocycles. The fourth-order valence-corrected chi connectivity index (χ4v) is 1.52. The van der Waals surface area contributed by atoms with E-state index in [0.717, 1.165) is 0 Å². The maximum Gasteiger partial charge on any atom is 0.262 e. The number of carbonyl (C=O) groups excluding carboxylic acids is 1. The van der Waals surface area contributed by atoms with Crippen LogP contribution >= 0.6 is 0 Å². The average Bonchev–Trinajstić information content (AvgIpc) is 2.48. The monoisotopic (exact) mass is 273 g/mol. The number of pyridine rings is 1. The molecule has 2 rings (SSSR count). The second-order valence-corrected chi connectivity index (χ2v) is 3.99. The fraction of sp³-hybridized carbons (Fsp3) is 0.143. The largest absolute Gasteiger partial charge is 0.497 e. The van der Waals surface area contributed by atoms with Crippen molar-refractivity contribution in [3.8, 4) is 11.5 Å². The molecule has 0 fully saturated rings. The van der Waals surface area contributed by atoms with E-state index in [2.05, 4.69) is 10.3 Å². The first-order valence-corrected chi connectivity index (χ1v) is 5.95. The first kappa shape index (κ1) is 13.7. The second-order valence-electron chi connectivity index (χ2n) is 3.99. The van der Waals surface area contributed by atoms with Gasteiger partial charge in [-0.1, -0.05) is 6.07 Å². The van der Waals surface area contributed by atoms with E-state index in [1.165, 1.54) is 6.20 Å². The van der Waals surface area contributed by atoms with Crippen LogP contribution in [0.15, 0.2) is 42.6 Å². The van der Waals surface area contributed by atoms with Crippen LogP contribution in [-0.2, 0) is 4.79 Å². The molecule has 0 aliphatic rings. The normalized spacial score (nSPS) is 9.85. The van der Waals surface area contributed by atoms with Crippen molar-refractivity contribution < 1.29 is 14.3 Å². The molecule has 2 aromatic rings. The molecular weight excluding hydrogens is 258 g/mol. The second kappa shape index (κ2) is 6.42. The van der Waals surface area contributed by atoms with Gasteiger partial charge >= 0.3 is 0 Å². The van der Waals surface area contributed by atoms with Crippen LogP contribution in [0.5, 0.6) is 11.5 Å². The first-order chi connectivity index (χ1) is 9.67. The third-order valence-electron chi connectivity index (χ3n) is 2.48. The van der Waals surface area contributed by atoms with E-state index in [0.29, 0.717) is 23.0 Å². The molecule has 6 heteroatoms. The van der Waals surface area contributed by atoms with Crippen molar-refractivity contribution in [1.82, 2.24) is 4.98 Å². The Kier molecular flexibility index (Phi) is 4.39. The first-order valence-electron chi connectivity index (χ1n) is 5.95. The van der Waals surface area contributed by atoms with E-state index in [1.54, 1.807) is 43.5 Å². The molecule has 0 bridgehead atoms. The molecule has 1 amide bonds. The Morgan fingerprint density at radius 3 is 2.80 bits per heavy atom. The van der Waals surface area contributed by atoms with E-state index >= 15 is 0 Å². The van der Waals surface area contributed by atoms with Crippen LogP contribution in [0.25, 0.3) is 0 Å².